The fourth-order valence-corrected chi connectivity index (χ4v) is 2.88. The second kappa shape index (κ2) is 7.82. The number of amides is 1. The molecular weight excluding hydrogens is 344 g/mol. The molecule has 2 aromatic heterocycles. The molecule has 0 aliphatic carbocycles. The van der Waals surface area contributed by atoms with Crippen molar-refractivity contribution in [3.63, 3.8) is 0 Å². The molecule has 3 rings (SSSR count). The Bertz CT molecular complexity index is 994. The van der Waals surface area contributed by atoms with Crippen molar-refractivity contribution >= 4 is 11.9 Å². The van der Waals surface area contributed by atoms with Gasteiger partial charge in [-0.1, -0.05) is 6.07 Å². The van der Waals surface area contributed by atoms with Gasteiger partial charge in [-0.25, -0.2) is 9.48 Å². The number of nitrogens with one attached hydrogen (secondary N) is 1. The number of methoxy groups -OCH3 is 1. The Morgan fingerprint density at radius 1 is 1.19 bits per heavy atom. The summed E-state index contributed by atoms with van der Waals surface area (Å²) in [6.45, 7) is 1.95. The van der Waals surface area contributed by atoms with E-state index in [1.54, 1.807) is 48.5 Å². The predicted octanol–water partition coefficient (Wildman–Crippen LogP) is 2.31. The molecular formula is C20H20N4O3. The Labute approximate surface area is 157 Å². The second-order valence-electron chi connectivity index (χ2n) is 6.00. The number of pyridine rings is 1. The summed E-state index contributed by atoms with van der Waals surface area (Å²) in [5.41, 5.74) is 4.49. The maximum Gasteiger partial charge on any atom is 0.338 e. The lowest BCUT2D eigenvalue weighted by molar-refractivity contribution is 0.0599. The number of hydrogen-bond donors (Lipinski definition) is 1. The van der Waals surface area contributed by atoms with E-state index in [4.69, 9.17) is 4.74 Å². The van der Waals surface area contributed by atoms with Gasteiger partial charge in [0.2, 0.25) is 0 Å². The molecule has 0 aliphatic rings. The first-order chi connectivity index (χ1) is 13.0. The van der Waals surface area contributed by atoms with E-state index in [0.29, 0.717) is 17.5 Å². The number of carbonyl (C=O) groups is 2. The zero-order chi connectivity index (χ0) is 19.4. The summed E-state index contributed by atoms with van der Waals surface area (Å²) in [5.74, 6) is -0.546. The van der Waals surface area contributed by atoms with E-state index in [1.165, 1.54) is 7.11 Å². The van der Waals surface area contributed by atoms with Crippen molar-refractivity contribution in [1.82, 2.24) is 20.1 Å². The molecule has 0 aliphatic heterocycles. The molecule has 0 radical (unpaired) electrons. The molecule has 1 amide bonds. The molecule has 1 N–H and O–H groups in total. The molecule has 0 bridgehead atoms. The molecule has 0 saturated carbocycles. The molecule has 0 spiro atoms. The summed E-state index contributed by atoms with van der Waals surface area (Å²) in [6, 6.07) is 8.89. The van der Waals surface area contributed by atoms with Crippen molar-refractivity contribution in [1.29, 1.82) is 0 Å². The first-order valence-electron chi connectivity index (χ1n) is 8.42. The van der Waals surface area contributed by atoms with Gasteiger partial charge in [0, 0.05) is 37.1 Å². The third-order valence-electron chi connectivity index (χ3n) is 4.38. The van der Waals surface area contributed by atoms with Crippen molar-refractivity contribution in [3.8, 4) is 5.69 Å². The van der Waals surface area contributed by atoms with Crippen LogP contribution in [-0.2, 0) is 11.2 Å². The van der Waals surface area contributed by atoms with Gasteiger partial charge in [-0.15, -0.1) is 0 Å². The van der Waals surface area contributed by atoms with Crippen LogP contribution >= 0.6 is 0 Å². The van der Waals surface area contributed by atoms with Crippen molar-refractivity contribution < 1.29 is 14.3 Å². The molecule has 2 heterocycles. The zero-order valence-corrected chi connectivity index (χ0v) is 15.4. The third-order valence-corrected chi connectivity index (χ3v) is 4.38. The van der Waals surface area contributed by atoms with Gasteiger partial charge < -0.3 is 10.1 Å². The van der Waals surface area contributed by atoms with Gasteiger partial charge in [0.05, 0.1) is 24.6 Å². The van der Waals surface area contributed by atoms with Crippen LogP contribution in [0.5, 0.6) is 0 Å². The maximum atomic E-state index is 12.0. The summed E-state index contributed by atoms with van der Waals surface area (Å²) in [6.07, 6.45) is 5.49. The number of rotatable bonds is 5. The number of nitrogens with zero attached hydrogens (tertiary/aromatic N) is 3. The zero-order valence-electron chi connectivity index (χ0n) is 15.4. The van der Waals surface area contributed by atoms with Gasteiger partial charge in [0.15, 0.2) is 0 Å². The predicted molar refractivity (Wildman–Crippen MR) is 100 cm³/mol. The van der Waals surface area contributed by atoms with Gasteiger partial charge in [-0.3, -0.25) is 9.78 Å². The Balaban J connectivity index is 1.94. The van der Waals surface area contributed by atoms with Crippen molar-refractivity contribution in [2.45, 2.75) is 13.3 Å². The number of aromatic nitrogens is 3. The van der Waals surface area contributed by atoms with Crippen LogP contribution < -0.4 is 5.32 Å². The lowest BCUT2D eigenvalue weighted by atomic mass is 10.0. The highest BCUT2D eigenvalue weighted by molar-refractivity contribution is 5.94. The van der Waals surface area contributed by atoms with Crippen molar-refractivity contribution in [3.05, 3.63) is 76.9 Å². The first kappa shape index (κ1) is 18.3. The van der Waals surface area contributed by atoms with Gasteiger partial charge in [-0.2, -0.15) is 5.10 Å². The molecule has 0 atom stereocenters. The summed E-state index contributed by atoms with van der Waals surface area (Å²) in [5, 5.41) is 7.07. The van der Waals surface area contributed by atoms with E-state index in [2.05, 4.69) is 15.4 Å². The molecule has 3 aromatic rings. The monoisotopic (exact) mass is 364 g/mol. The minimum Gasteiger partial charge on any atom is -0.465 e. The maximum absolute atomic E-state index is 12.0. The van der Waals surface area contributed by atoms with Crippen molar-refractivity contribution in [2.75, 3.05) is 14.2 Å². The second-order valence-corrected chi connectivity index (χ2v) is 6.00. The van der Waals surface area contributed by atoms with E-state index in [1.807, 2.05) is 19.1 Å². The number of benzene rings is 1. The molecule has 0 fully saturated rings. The topological polar surface area (TPSA) is 86.1 Å². The fraction of sp³-hybridized carbons (Fsp3) is 0.200. The summed E-state index contributed by atoms with van der Waals surface area (Å²) in [4.78, 5) is 27.9. The smallest absolute Gasteiger partial charge is 0.338 e. The van der Waals surface area contributed by atoms with Crippen LogP contribution in [0.1, 0.15) is 37.5 Å². The van der Waals surface area contributed by atoms with E-state index < -0.39 is 5.97 Å². The van der Waals surface area contributed by atoms with E-state index in [0.717, 1.165) is 22.5 Å². The number of esters is 1. The molecule has 0 saturated heterocycles. The molecule has 7 nitrogen and oxygen atoms in total. The summed E-state index contributed by atoms with van der Waals surface area (Å²) in [7, 11) is 2.95. The van der Waals surface area contributed by atoms with Crippen LogP contribution in [0, 0.1) is 6.92 Å². The van der Waals surface area contributed by atoms with Crippen LogP contribution in [0.15, 0.2) is 48.9 Å². The number of ether oxygens (including phenoxy) is 1. The summed E-state index contributed by atoms with van der Waals surface area (Å²) >= 11 is 0. The largest absolute Gasteiger partial charge is 0.465 e. The average molecular weight is 364 g/mol. The lowest BCUT2D eigenvalue weighted by Gasteiger charge is -2.09. The molecule has 1 aromatic carbocycles. The lowest BCUT2D eigenvalue weighted by Crippen LogP contribution is -2.18. The Morgan fingerprint density at radius 3 is 2.74 bits per heavy atom. The SMILES string of the molecule is CNC(=O)c1cccc(-n2ncc(Cc3cnccc3C(=O)OC)c2C)c1. The molecule has 138 valence electrons. The van der Waals surface area contributed by atoms with Gasteiger partial charge >= 0.3 is 5.97 Å². The van der Waals surface area contributed by atoms with Gasteiger partial charge in [0.25, 0.3) is 5.91 Å². The summed E-state index contributed by atoms with van der Waals surface area (Å²) < 4.78 is 6.61. The third kappa shape index (κ3) is 3.72. The average Bonchev–Trinajstić information content (AvgIpc) is 3.07. The molecule has 7 heteroatoms. The molecule has 0 unspecified atom stereocenters. The number of carbonyl (C=O) groups excluding carboxylic acids is 2. The van der Waals surface area contributed by atoms with E-state index in [-0.39, 0.29) is 5.91 Å². The van der Waals surface area contributed by atoms with Crippen molar-refractivity contribution in [2.24, 2.45) is 0 Å². The fourth-order valence-electron chi connectivity index (χ4n) is 2.88. The number of hydrogen-bond acceptors (Lipinski definition) is 5. The van der Waals surface area contributed by atoms with Crippen LogP contribution in [0.25, 0.3) is 5.69 Å². The van der Waals surface area contributed by atoms with Crippen LogP contribution in [-0.4, -0.2) is 40.8 Å². The van der Waals surface area contributed by atoms with Crippen LogP contribution in [0.4, 0.5) is 0 Å². The Hall–Kier alpha value is -3.48. The standard InChI is InChI=1S/C20H20N4O3/c1-13-15(9-16-11-22-8-7-18(16)20(26)27-3)12-23-24(13)17-6-4-5-14(10-17)19(25)21-2/h4-8,10-12H,9H2,1-3H3,(H,21,25). The van der Waals surface area contributed by atoms with Crippen LogP contribution in [0.3, 0.4) is 0 Å². The Morgan fingerprint density at radius 2 is 2.00 bits per heavy atom. The quantitative estimate of drug-likeness (QED) is 0.702. The molecule has 27 heavy (non-hydrogen) atoms. The van der Waals surface area contributed by atoms with E-state index >= 15 is 0 Å². The van der Waals surface area contributed by atoms with Gasteiger partial charge in [0.1, 0.15) is 0 Å². The van der Waals surface area contributed by atoms with Crippen LogP contribution in [0.2, 0.25) is 0 Å². The highest BCUT2D eigenvalue weighted by atomic mass is 16.5. The minimum absolute atomic E-state index is 0.153. The highest BCUT2D eigenvalue weighted by Crippen LogP contribution is 2.20. The highest BCUT2D eigenvalue weighted by Gasteiger charge is 2.15. The first-order valence-corrected chi connectivity index (χ1v) is 8.42. The minimum atomic E-state index is -0.393. The van der Waals surface area contributed by atoms with E-state index in [9.17, 15) is 9.59 Å². The normalized spacial score (nSPS) is 10.5. The Kier molecular flexibility index (Phi) is 5.30. The van der Waals surface area contributed by atoms with Gasteiger partial charge in [-0.05, 0) is 42.3 Å².